The van der Waals surface area contributed by atoms with Crippen LogP contribution >= 0.6 is 47.3 Å². The van der Waals surface area contributed by atoms with Crippen LogP contribution in [0.5, 0.6) is 0 Å². The molecule has 0 bridgehead atoms. The molecule has 0 saturated carbocycles. The van der Waals surface area contributed by atoms with Crippen molar-refractivity contribution >= 4 is 53.3 Å². The minimum atomic E-state index is -0.0447. The molecular weight excluding hydrogens is 393 g/mol. The Morgan fingerprint density at radius 3 is 2.42 bits per heavy atom. The first kappa shape index (κ1) is 18.9. The Bertz CT molecular complexity index is 401. The molecule has 19 heavy (non-hydrogen) atoms. The fourth-order valence-electron chi connectivity index (χ4n) is 1.28. The molecule has 108 valence electrons. The van der Waals surface area contributed by atoms with Gasteiger partial charge in [-0.3, -0.25) is 4.99 Å². The number of aliphatic imine (C=N–C) groups is 1. The minimum Gasteiger partial charge on any atom is -0.370 e. The molecule has 0 aliphatic carbocycles. The molecule has 0 heterocycles. The number of hydrogen-bond acceptors (Lipinski definition) is 2. The summed E-state index contributed by atoms with van der Waals surface area (Å²) in [6.45, 7) is 6.86. The maximum absolute atomic E-state index is 5.82. The number of rotatable bonds is 4. The van der Waals surface area contributed by atoms with Gasteiger partial charge in [0.15, 0.2) is 5.96 Å². The standard InChI is InChI=1S/C13H20ClN3S.HI/c1-13(2,3)17-12(15)16-8-9-18-11-6-4-10(14)5-7-11;/h4-7H,8-9H2,1-3H3,(H3,15,16,17);1H. The molecule has 3 nitrogen and oxygen atoms in total. The number of guanidine groups is 1. The molecule has 1 aromatic carbocycles. The second kappa shape index (κ2) is 8.92. The van der Waals surface area contributed by atoms with Gasteiger partial charge in [-0.2, -0.15) is 0 Å². The Labute approximate surface area is 141 Å². The van der Waals surface area contributed by atoms with Crippen LogP contribution in [-0.2, 0) is 0 Å². The highest BCUT2D eigenvalue weighted by atomic mass is 127. The van der Waals surface area contributed by atoms with E-state index >= 15 is 0 Å². The van der Waals surface area contributed by atoms with Gasteiger partial charge in [0.2, 0.25) is 0 Å². The summed E-state index contributed by atoms with van der Waals surface area (Å²) in [5, 5.41) is 3.89. The average Bonchev–Trinajstić information content (AvgIpc) is 2.24. The van der Waals surface area contributed by atoms with Gasteiger partial charge in [-0.05, 0) is 45.0 Å². The fourth-order valence-corrected chi connectivity index (χ4v) is 2.16. The highest BCUT2D eigenvalue weighted by molar-refractivity contribution is 14.0. The second-order valence-electron chi connectivity index (χ2n) is 4.94. The number of hydrogen-bond donors (Lipinski definition) is 2. The molecule has 1 aromatic rings. The molecule has 6 heteroatoms. The lowest BCUT2D eigenvalue weighted by Crippen LogP contribution is -2.45. The lowest BCUT2D eigenvalue weighted by atomic mass is 10.1. The average molecular weight is 414 g/mol. The van der Waals surface area contributed by atoms with Gasteiger partial charge in [0.25, 0.3) is 0 Å². The van der Waals surface area contributed by atoms with E-state index in [0.29, 0.717) is 12.5 Å². The van der Waals surface area contributed by atoms with Crippen molar-refractivity contribution in [2.75, 3.05) is 12.3 Å². The van der Waals surface area contributed by atoms with Gasteiger partial charge < -0.3 is 11.1 Å². The van der Waals surface area contributed by atoms with E-state index in [0.717, 1.165) is 10.8 Å². The number of halogens is 2. The summed E-state index contributed by atoms with van der Waals surface area (Å²) in [5.41, 5.74) is 5.73. The molecule has 0 unspecified atom stereocenters. The van der Waals surface area contributed by atoms with E-state index in [1.54, 1.807) is 11.8 Å². The van der Waals surface area contributed by atoms with Crippen LogP contribution in [0.4, 0.5) is 0 Å². The van der Waals surface area contributed by atoms with E-state index in [2.05, 4.69) is 31.1 Å². The first-order valence-electron chi connectivity index (χ1n) is 5.83. The quantitative estimate of drug-likeness (QED) is 0.260. The number of nitrogens with one attached hydrogen (secondary N) is 1. The third-order valence-corrected chi connectivity index (χ3v) is 3.20. The number of thioether (sulfide) groups is 1. The first-order valence-corrected chi connectivity index (χ1v) is 7.20. The van der Waals surface area contributed by atoms with Gasteiger partial charge in [-0.15, -0.1) is 35.7 Å². The zero-order valence-corrected chi connectivity index (χ0v) is 15.3. The van der Waals surface area contributed by atoms with Crippen molar-refractivity contribution in [1.29, 1.82) is 0 Å². The Hall–Kier alpha value is -0.140. The Morgan fingerprint density at radius 2 is 1.89 bits per heavy atom. The molecule has 0 atom stereocenters. The molecule has 0 aliphatic rings. The third kappa shape index (κ3) is 9.40. The zero-order chi connectivity index (χ0) is 13.6. The zero-order valence-electron chi connectivity index (χ0n) is 11.4. The van der Waals surface area contributed by atoms with Gasteiger partial charge >= 0.3 is 0 Å². The number of benzene rings is 1. The van der Waals surface area contributed by atoms with Crippen LogP contribution in [0.15, 0.2) is 34.2 Å². The maximum atomic E-state index is 5.82. The summed E-state index contributed by atoms with van der Waals surface area (Å²) < 4.78 is 0. The van der Waals surface area contributed by atoms with Crippen molar-refractivity contribution in [1.82, 2.24) is 5.32 Å². The summed E-state index contributed by atoms with van der Waals surface area (Å²) in [6, 6.07) is 7.80. The van der Waals surface area contributed by atoms with Crippen LogP contribution < -0.4 is 11.1 Å². The highest BCUT2D eigenvalue weighted by Gasteiger charge is 2.09. The van der Waals surface area contributed by atoms with Crippen LogP contribution in [0.1, 0.15) is 20.8 Å². The number of nitrogens with zero attached hydrogens (tertiary/aromatic N) is 1. The molecule has 0 amide bonds. The first-order chi connectivity index (χ1) is 8.37. The monoisotopic (exact) mass is 413 g/mol. The molecule has 0 aliphatic heterocycles. The van der Waals surface area contributed by atoms with Crippen molar-refractivity contribution < 1.29 is 0 Å². The van der Waals surface area contributed by atoms with Gasteiger partial charge in [0.1, 0.15) is 0 Å². The van der Waals surface area contributed by atoms with Crippen LogP contribution in [0.25, 0.3) is 0 Å². The number of nitrogens with two attached hydrogens (primary N) is 1. The van der Waals surface area contributed by atoms with E-state index in [1.165, 1.54) is 4.90 Å². The van der Waals surface area contributed by atoms with Crippen molar-refractivity contribution in [3.63, 3.8) is 0 Å². The third-order valence-electron chi connectivity index (χ3n) is 1.96. The van der Waals surface area contributed by atoms with Crippen molar-refractivity contribution in [2.45, 2.75) is 31.2 Å². The normalized spacial score (nSPS) is 11.9. The highest BCUT2D eigenvalue weighted by Crippen LogP contribution is 2.19. The topological polar surface area (TPSA) is 50.4 Å². The van der Waals surface area contributed by atoms with Gasteiger partial charge in [0.05, 0.1) is 6.54 Å². The van der Waals surface area contributed by atoms with Gasteiger partial charge in [0, 0.05) is 21.2 Å². The molecule has 0 spiro atoms. The largest absolute Gasteiger partial charge is 0.370 e. The maximum Gasteiger partial charge on any atom is 0.189 e. The van der Waals surface area contributed by atoms with Crippen LogP contribution in [0.2, 0.25) is 5.02 Å². The molecule has 0 saturated heterocycles. The van der Waals surface area contributed by atoms with E-state index in [4.69, 9.17) is 17.3 Å². The molecule has 1 rings (SSSR count). The van der Waals surface area contributed by atoms with E-state index in [1.807, 2.05) is 24.3 Å². The lowest BCUT2D eigenvalue weighted by molar-refractivity contribution is 0.508. The lowest BCUT2D eigenvalue weighted by Gasteiger charge is -2.20. The minimum absolute atomic E-state index is 0. The van der Waals surface area contributed by atoms with Crippen LogP contribution in [0.3, 0.4) is 0 Å². The summed E-state index contributed by atoms with van der Waals surface area (Å²) in [7, 11) is 0. The van der Waals surface area contributed by atoms with Crippen molar-refractivity contribution in [3.05, 3.63) is 29.3 Å². The Balaban J connectivity index is 0.00000324. The predicted octanol–water partition coefficient (Wildman–Crippen LogP) is 3.75. The molecule has 3 N–H and O–H groups in total. The van der Waals surface area contributed by atoms with Crippen molar-refractivity contribution in [2.24, 2.45) is 10.7 Å². The van der Waals surface area contributed by atoms with Gasteiger partial charge in [-0.25, -0.2) is 0 Å². The Morgan fingerprint density at radius 1 is 1.32 bits per heavy atom. The summed E-state index contributed by atoms with van der Waals surface area (Å²) >= 11 is 7.56. The SMILES string of the molecule is CC(C)(C)NC(N)=NCCSc1ccc(Cl)cc1.I. The van der Waals surface area contributed by atoms with Crippen LogP contribution in [0, 0.1) is 0 Å². The predicted molar refractivity (Wildman–Crippen MR) is 97.0 cm³/mol. The molecule has 0 radical (unpaired) electrons. The molecule has 0 fully saturated rings. The van der Waals surface area contributed by atoms with Crippen LogP contribution in [-0.4, -0.2) is 23.8 Å². The van der Waals surface area contributed by atoms with E-state index in [9.17, 15) is 0 Å². The van der Waals surface area contributed by atoms with Crippen molar-refractivity contribution in [3.8, 4) is 0 Å². The molecular formula is C13H21ClIN3S. The smallest absolute Gasteiger partial charge is 0.189 e. The van der Waals surface area contributed by atoms with E-state index < -0.39 is 0 Å². The molecule has 0 aromatic heterocycles. The van der Waals surface area contributed by atoms with E-state index in [-0.39, 0.29) is 29.5 Å². The van der Waals surface area contributed by atoms with Gasteiger partial charge in [-0.1, -0.05) is 11.6 Å². The summed E-state index contributed by atoms with van der Waals surface area (Å²) in [4.78, 5) is 5.47. The summed E-state index contributed by atoms with van der Waals surface area (Å²) in [5.74, 6) is 1.40. The fraction of sp³-hybridized carbons (Fsp3) is 0.462. The second-order valence-corrected chi connectivity index (χ2v) is 6.55. The Kier molecular flexibility index (Phi) is 8.85. The summed E-state index contributed by atoms with van der Waals surface area (Å²) in [6.07, 6.45) is 0.